The number of epoxide rings is 1. The summed E-state index contributed by atoms with van der Waals surface area (Å²) in [5.74, 6) is -0.829. The third-order valence-corrected chi connectivity index (χ3v) is 6.08. The number of ether oxygens (including phenoxy) is 1. The van der Waals surface area contributed by atoms with E-state index in [-0.39, 0.29) is 17.7 Å². The highest BCUT2D eigenvalue weighted by atomic mass is 19.1. The van der Waals surface area contributed by atoms with Crippen LogP contribution in [0.15, 0.2) is 36.8 Å². The number of rotatable bonds is 5. The van der Waals surface area contributed by atoms with Gasteiger partial charge in [0, 0.05) is 61.9 Å². The van der Waals surface area contributed by atoms with E-state index in [1.165, 1.54) is 6.07 Å². The highest BCUT2D eigenvalue weighted by molar-refractivity contribution is 6.13. The van der Waals surface area contributed by atoms with E-state index in [1.807, 2.05) is 16.9 Å². The van der Waals surface area contributed by atoms with Gasteiger partial charge < -0.3 is 24.7 Å². The van der Waals surface area contributed by atoms with Gasteiger partial charge >= 0.3 is 0 Å². The molecular formula is C23H24FN7O2. The van der Waals surface area contributed by atoms with Gasteiger partial charge in [-0.2, -0.15) is 5.10 Å². The van der Waals surface area contributed by atoms with Crippen LogP contribution in [0.25, 0.3) is 16.6 Å². The minimum atomic E-state index is -0.492. The molecule has 1 atom stereocenters. The number of nitrogens with zero attached hydrogens (tertiary/aromatic N) is 5. The first-order valence-electron chi connectivity index (χ1n) is 11.1. The fraction of sp³-hybridized carbons (Fsp3) is 0.348. The van der Waals surface area contributed by atoms with Crippen LogP contribution < -0.4 is 15.5 Å². The number of fused-ring (bicyclic) bond motifs is 2. The zero-order chi connectivity index (χ0) is 22.5. The topological polar surface area (TPSA) is 92.0 Å². The second-order valence-corrected chi connectivity index (χ2v) is 8.58. The Hall–Kier alpha value is -3.50. The number of pyridine rings is 1. The first-order valence-corrected chi connectivity index (χ1v) is 11.1. The summed E-state index contributed by atoms with van der Waals surface area (Å²) in [4.78, 5) is 19.7. The predicted octanol–water partition coefficient (Wildman–Crippen LogP) is 2.19. The minimum Gasteiger partial charge on any atom is -0.371 e. The lowest BCUT2D eigenvalue weighted by Gasteiger charge is -2.30. The fourth-order valence-corrected chi connectivity index (χ4v) is 4.43. The monoisotopic (exact) mass is 449 g/mol. The van der Waals surface area contributed by atoms with Gasteiger partial charge in [0.05, 0.1) is 30.1 Å². The normalized spacial score (nSPS) is 18.2. The van der Waals surface area contributed by atoms with E-state index >= 15 is 0 Å². The van der Waals surface area contributed by atoms with E-state index in [0.717, 1.165) is 43.9 Å². The molecule has 9 nitrogen and oxygen atoms in total. The van der Waals surface area contributed by atoms with E-state index in [4.69, 9.17) is 9.84 Å². The fourth-order valence-electron chi connectivity index (χ4n) is 4.43. The van der Waals surface area contributed by atoms with Crippen molar-refractivity contribution in [1.29, 1.82) is 0 Å². The number of aromatic nitrogens is 4. The molecule has 2 N–H and O–H groups in total. The molecule has 170 valence electrons. The van der Waals surface area contributed by atoms with Gasteiger partial charge in [-0.25, -0.2) is 9.37 Å². The van der Waals surface area contributed by atoms with E-state index in [0.29, 0.717) is 29.0 Å². The number of piperazine rings is 1. The Morgan fingerprint density at radius 1 is 1.27 bits per heavy atom. The van der Waals surface area contributed by atoms with Crippen molar-refractivity contribution >= 4 is 33.8 Å². The van der Waals surface area contributed by atoms with Gasteiger partial charge in [0.2, 0.25) is 0 Å². The van der Waals surface area contributed by atoms with E-state index < -0.39 is 5.82 Å². The molecule has 2 saturated heterocycles. The predicted molar refractivity (Wildman–Crippen MR) is 122 cm³/mol. The number of amides is 1. The molecule has 2 aliphatic heterocycles. The first kappa shape index (κ1) is 20.1. The van der Waals surface area contributed by atoms with Crippen molar-refractivity contribution in [2.24, 2.45) is 0 Å². The smallest absolute Gasteiger partial charge is 0.257 e. The second kappa shape index (κ2) is 7.82. The van der Waals surface area contributed by atoms with Crippen molar-refractivity contribution in [3.8, 4) is 0 Å². The zero-order valence-electron chi connectivity index (χ0n) is 18.2. The number of benzene rings is 1. The number of hydrogen-bond acceptors (Lipinski definition) is 6. The average Bonchev–Trinajstić information content (AvgIpc) is 3.37. The van der Waals surface area contributed by atoms with Crippen LogP contribution in [0, 0.1) is 12.7 Å². The van der Waals surface area contributed by atoms with Gasteiger partial charge in [0.1, 0.15) is 11.6 Å². The van der Waals surface area contributed by atoms with Crippen molar-refractivity contribution < 1.29 is 13.9 Å². The molecule has 2 aliphatic rings. The van der Waals surface area contributed by atoms with Gasteiger partial charge in [-0.1, -0.05) is 0 Å². The molecule has 2 fully saturated rings. The Labute approximate surface area is 189 Å². The Bertz CT molecular complexity index is 1370. The lowest BCUT2D eigenvalue weighted by molar-refractivity contribution is 0.102. The molecule has 0 aliphatic carbocycles. The summed E-state index contributed by atoms with van der Waals surface area (Å²) in [6, 6.07) is 5.07. The molecule has 33 heavy (non-hydrogen) atoms. The number of aryl methyl sites for hydroxylation is 1. The largest absolute Gasteiger partial charge is 0.371 e. The number of imidazole rings is 1. The van der Waals surface area contributed by atoms with Crippen molar-refractivity contribution in [2.45, 2.75) is 19.6 Å². The van der Waals surface area contributed by atoms with Crippen molar-refractivity contribution in [2.75, 3.05) is 43.0 Å². The summed E-state index contributed by atoms with van der Waals surface area (Å²) in [6.45, 7) is 6.78. The Morgan fingerprint density at radius 3 is 2.88 bits per heavy atom. The molecule has 6 rings (SSSR count). The molecule has 0 spiro atoms. The second-order valence-electron chi connectivity index (χ2n) is 8.58. The van der Waals surface area contributed by atoms with Crippen LogP contribution in [0.1, 0.15) is 16.1 Å². The van der Waals surface area contributed by atoms with E-state index in [1.54, 1.807) is 29.8 Å². The number of anilines is 2. The summed E-state index contributed by atoms with van der Waals surface area (Å²) in [5.41, 5.74) is 3.42. The molecule has 1 amide bonds. The molecule has 0 saturated carbocycles. The number of carbonyl (C=O) groups excluding carboxylic acids is 1. The van der Waals surface area contributed by atoms with Gasteiger partial charge in [-0.3, -0.25) is 9.48 Å². The van der Waals surface area contributed by atoms with Crippen LogP contribution >= 0.6 is 0 Å². The molecule has 0 bridgehead atoms. The van der Waals surface area contributed by atoms with Crippen LogP contribution in [0.5, 0.6) is 0 Å². The highest BCUT2D eigenvalue weighted by Gasteiger charge is 2.25. The third kappa shape index (κ3) is 3.81. The van der Waals surface area contributed by atoms with Crippen LogP contribution in [-0.2, 0) is 11.3 Å². The first-order chi connectivity index (χ1) is 16.0. The lowest BCUT2D eigenvalue weighted by atomic mass is 10.1. The molecule has 3 aromatic heterocycles. The van der Waals surface area contributed by atoms with Gasteiger partial charge in [-0.15, -0.1) is 0 Å². The maximum absolute atomic E-state index is 14.5. The molecule has 4 aromatic rings. The number of halogens is 1. The van der Waals surface area contributed by atoms with Crippen LogP contribution in [0.4, 0.5) is 15.8 Å². The average molecular weight is 449 g/mol. The molecule has 5 heterocycles. The highest BCUT2D eigenvalue weighted by Crippen LogP contribution is 2.30. The Kier molecular flexibility index (Phi) is 4.77. The van der Waals surface area contributed by atoms with E-state index in [9.17, 15) is 9.18 Å². The SMILES string of the molecule is Cc1cn2cc(NC(=O)c3ccc(N4CCNCC4)c4cn(CC5CO5)nc34)cc(F)c2n1. The standard InChI is InChI=1S/C23H24FN7O2/c1-14-9-30-10-15(8-19(24)22(30)26-14)27-23(32)17-2-3-20(29-6-4-25-5-7-29)18-12-31(28-21(17)18)11-16-13-33-16/h2-3,8-10,12,16,25H,4-7,11,13H2,1H3,(H,27,32). The molecule has 10 heteroatoms. The van der Waals surface area contributed by atoms with Crippen LogP contribution in [0.3, 0.4) is 0 Å². The summed E-state index contributed by atoms with van der Waals surface area (Å²) < 4.78 is 23.3. The molecular weight excluding hydrogens is 425 g/mol. The van der Waals surface area contributed by atoms with Crippen LogP contribution in [-0.4, -0.2) is 64.0 Å². The number of hydrogen-bond donors (Lipinski definition) is 2. The van der Waals surface area contributed by atoms with Crippen molar-refractivity contribution in [1.82, 2.24) is 24.5 Å². The quantitative estimate of drug-likeness (QED) is 0.454. The Morgan fingerprint density at radius 2 is 2.09 bits per heavy atom. The Balaban J connectivity index is 1.37. The summed E-state index contributed by atoms with van der Waals surface area (Å²) in [6.07, 6.45) is 5.54. The maximum Gasteiger partial charge on any atom is 0.257 e. The van der Waals surface area contributed by atoms with Crippen LogP contribution in [0.2, 0.25) is 0 Å². The van der Waals surface area contributed by atoms with Crippen molar-refractivity contribution in [3.05, 3.63) is 53.9 Å². The summed E-state index contributed by atoms with van der Waals surface area (Å²) >= 11 is 0. The van der Waals surface area contributed by atoms with E-state index in [2.05, 4.69) is 20.5 Å². The third-order valence-electron chi connectivity index (χ3n) is 6.08. The minimum absolute atomic E-state index is 0.174. The number of carbonyl (C=O) groups is 1. The number of nitrogens with one attached hydrogen (secondary N) is 2. The lowest BCUT2D eigenvalue weighted by Crippen LogP contribution is -2.43. The van der Waals surface area contributed by atoms with Gasteiger partial charge in [0.15, 0.2) is 11.5 Å². The van der Waals surface area contributed by atoms with Gasteiger partial charge in [-0.05, 0) is 19.1 Å². The summed E-state index contributed by atoms with van der Waals surface area (Å²) in [7, 11) is 0. The molecule has 0 radical (unpaired) electrons. The zero-order valence-corrected chi connectivity index (χ0v) is 18.2. The maximum atomic E-state index is 14.5. The van der Waals surface area contributed by atoms with Gasteiger partial charge in [0.25, 0.3) is 5.91 Å². The van der Waals surface area contributed by atoms with Crippen molar-refractivity contribution in [3.63, 3.8) is 0 Å². The summed E-state index contributed by atoms with van der Waals surface area (Å²) in [5, 5.41) is 11.9. The molecule has 1 aromatic carbocycles. The molecule has 1 unspecified atom stereocenters.